The second-order valence-electron chi connectivity index (χ2n) is 5.04. The highest BCUT2D eigenvalue weighted by Crippen LogP contribution is 2.19. The van der Waals surface area contributed by atoms with Crippen molar-refractivity contribution in [3.05, 3.63) is 69.3 Å². The Kier molecular flexibility index (Phi) is 5.63. The van der Waals surface area contributed by atoms with E-state index in [9.17, 15) is 24.5 Å². The average molecular weight is 358 g/mol. The zero-order chi connectivity index (χ0) is 19.3. The monoisotopic (exact) mass is 358 g/mol. The van der Waals surface area contributed by atoms with E-state index in [-0.39, 0.29) is 28.1 Å². The quantitative estimate of drug-likeness (QED) is 0.494. The van der Waals surface area contributed by atoms with Crippen molar-refractivity contribution in [2.24, 2.45) is 0 Å². The van der Waals surface area contributed by atoms with Gasteiger partial charge in [0.1, 0.15) is 0 Å². The summed E-state index contributed by atoms with van der Waals surface area (Å²) in [6.45, 7) is 0. The molecule has 0 radical (unpaired) electrons. The van der Waals surface area contributed by atoms with E-state index in [1.165, 1.54) is 56.7 Å². The fourth-order valence-electron chi connectivity index (χ4n) is 2.11. The van der Waals surface area contributed by atoms with Crippen molar-refractivity contribution in [2.75, 3.05) is 19.5 Å². The molecule has 0 saturated carbocycles. The van der Waals surface area contributed by atoms with Crippen LogP contribution in [0.3, 0.4) is 0 Å². The summed E-state index contributed by atoms with van der Waals surface area (Å²) in [5.74, 6) is -1.96. The molecule has 2 aromatic carbocycles. The van der Waals surface area contributed by atoms with Crippen molar-refractivity contribution >= 4 is 29.2 Å². The summed E-state index contributed by atoms with van der Waals surface area (Å²) in [6, 6.07) is 8.92. The number of hydrogen-bond donors (Lipinski definition) is 1. The van der Waals surface area contributed by atoms with E-state index in [0.29, 0.717) is 0 Å². The maximum absolute atomic E-state index is 12.3. The molecule has 0 saturated heterocycles. The molecule has 1 amide bonds. The van der Waals surface area contributed by atoms with Gasteiger partial charge in [-0.3, -0.25) is 14.9 Å². The molecule has 0 fully saturated rings. The molecule has 9 heteroatoms. The summed E-state index contributed by atoms with van der Waals surface area (Å²) >= 11 is 0. The van der Waals surface area contributed by atoms with E-state index in [0.717, 1.165) is 0 Å². The Hall–Kier alpha value is -3.75. The normalized spacial score (nSPS) is 9.92. The first-order valence-electron chi connectivity index (χ1n) is 7.23. The van der Waals surface area contributed by atoms with Crippen LogP contribution in [0.4, 0.5) is 11.4 Å². The molecular formula is C17H14N2O7. The molecule has 9 nitrogen and oxygen atoms in total. The average Bonchev–Trinajstić information content (AvgIpc) is 2.66. The van der Waals surface area contributed by atoms with Gasteiger partial charge in [-0.15, -0.1) is 0 Å². The first kappa shape index (κ1) is 18.6. The molecule has 0 heterocycles. The van der Waals surface area contributed by atoms with Crippen LogP contribution in [0.25, 0.3) is 0 Å². The molecule has 0 atom stereocenters. The molecule has 0 aromatic heterocycles. The Morgan fingerprint density at radius 1 is 0.885 bits per heavy atom. The Bertz CT molecular complexity index is 841. The first-order chi connectivity index (χ1) is 12.3. The number of esters is 2. The zero-order valence-corrected chi connectivity index (χ0v) is 13.8. The predicted octanol–water partition coefficient (Wildman–Crippen LogP) is 2.42. The van der Waals surface area contributed by atoms with E-state index in [1.54, 1.807) is 0 Å². The van der Waals surface area contributed by atoms with Crippen LogP contribution in [0.5, 0.6) is 0 Å². The van der Waals surface area contributed by atoms with Crippen LogP contribution in [0.2, 0.25) is 0 Å². The van der Waals surface area contributed by atoms with Gasteiger partial charge in [0.2, 0.25) is 0 Å². The second-order valence-corrected chi connectivity index (χ2v) is 5.04. The number of carbonyl (C=O) groups excluding carboxylic acids is 3. The van der Waals surface area contributed by atoms with E-state index in [1.807, 2.05) is 0 Å². The van der Waals surface area contributed by atoms with Crippen LogP contribution in [-0.4, -0.2) is 37.0 Å². The number of nitrogens with one attached hydrogen (secondary N) is 1. The smallest absolute Gasteiger partial charge is 0.337 e. The van der Waals surface area contributed by atoms with Crippen LogP contribution in [0.15, 0.2) is 42.5 Å². The molecule has 134 valence electrons. The van der Waals surface area contributed by atoms with Gasteiger partial charge in [-0.2, -0.15) is 0 Å². The van der Waals surface area contributed by atoms with Gasteiger partial charge in [0.05, 0.1) is 30.3 Å². The van der Waals surface area contributed by atoms with Crippen LogP contribution in [0.1, 0.15) is 31.1 Å². The van der Waals surface area contributed by atoms with E-state index in [2.05, 4.69) is 14.8 Å². The molecule has 2 rings (SSSR count). The van der Waals surface area contributed by atoms with Crippen LogP contribution in [-0.2, 0) is 9.47 Å². The Morgan fingerprint density at radius 3 is 1.81 bits per heavy atom. The van der Waals surface area contributed by atoms with Gasteiger partial charge in [0.15, 0.2) is 0 Å². The van der Waals surface area contributed by atoms with Crippen LogP contribution < -0.4 is 5.32 Å². The Balaban J connectivity index is 2.31. The number of non-ortho nitro benzene ring substituents is 1. The lowest BCUT2D eigenvalue weighted by molar-refractivity contribution is -0.384. The zero-order valence-electron chi connectivity index (χ0n) is 13.8. The van der Waals surface area contributed by atoms with Gasteiger partial charge in [-0.25, -0.2) is 9.59 Å². The minimum Gasteiger partial charge on any atom is -0.465 e. The number of nitrogens with zero attached hydrogens (tertiary/aromatic N) is 1. The minimum absolute atomic E-state index is 0.0504. The van der Waals surface area contributed by atoms with Crippen molar-refractivity contribution in [3.8, 4) is 0 Å². The third kappa shape index (κ3) is 4.20. The van der Waals surface area contributed by atoms with Gasteiger partial charge in [-0.1, -0.05) is 0 Å². The van der Waals surface area contributed by atoms with Crippen molar-refractivity contribution in [2.45, 2.75) is 0 Å². The summed E-state index contributed by atoms with van der Waals surface area (Å²) in [5, 5.41) is 13.2. The van der Waals surface area contributed by atoms with Gasteiger partial charge < -0.3 is 14.8 Å². The number of carbonyl (C=O) groups is 3. The van der Waals surface area contributed by atoms with Crippen molar-refractivity contribution in [1.29, 1.82) is 0 Å². The maximum Gasteiger partial charge on any atom is 0.337 e. The summed E-state index contributed by atoms with van der Waals surface area (Å²) in [5.41, 5.74) is 0.279. The summed E-state index contributed by atoms with van der Waals surface area (Å²) < 4.78 is 9.23. The lowest BCUT2D eigenvalue weighted by atomic mass is 10.1. The molecule has 0 aliphatic heterocycles. The molecule has 1 N–H and O–H groups in total. The fourth-order valence-corrected chi connectivity index (χ4v) is 2.11. The summed E-state index contributed by atoms with van der Waals surface area (Å²) in [4.78, 5) is 45.8. The molecule has 0 aliphatic carbocycles. The number of amides is 1. The number of anilines is 1. The molecule has 0 bridgehead atoms. The molecular weight excluding hydrogens is 344 g/mol. The fraction of sp³-hybridized carbons (Fsp3) is 0.118. The van der Waals surface area contributed by atoms with Crippen molar-refractivity contribution in [3.63, 3.8) is 0 Å². The second kappa shape index (κ2) is 7.88. The third-order valence-electron chi connectivity index (χ3n) is 3.37. The maximum atomic E-state index is 12.3. The van der Waals surface area contributed by atoms with E-state index < -0.39 is 22.8 Å². The first-order valence-corrected chi connectivity index (χ1v) is 7.23. The Morgan fingerprint density at radius 2 is 1.38 bits per heavy atom. The number of methoxy groups -OCH3 is 2. The highest BCUT2D eigenvalue weighted by molar-refractivity contribution is 6.06. The van der Waals surface area contributed by atoms with Gasteiger partial charge >= 0.3 is 11.9 Å². The van der Waals surface area contributed by atoms with Crippen molar-refractivity contribution in [1.82, 2.24) is 0 Å². The van der Waals surface area contributed by atoms with E-state index in [4.69, 9.17) is 0 Å². The minimum atomic E-state index is -0.693. The molecule has 2 aromatic rings. The number of ether oxygens (including phenoxy) is 2. The van der Waals surface area contributed by atoms with Gasteiger partial charge in [-0.05, 0) is 30.3 Å². The topological polar surface area (TPSA) is 125 Å². The molecule has 0 spiro atoms. The van der Waals surface area contributed by atoms with E-state index >= 15 is 0 Å². The number of rotatable bonds is 5. The number of benzene rings is 2. The standard InChI is InChI=1S/C17H14N2O7/c1-25-16(21)11-7-12(17(22)26-2)9-13(8-11)18-15(20)10-3-5-14(6-4-10)19(23)24/h3-9H,1-2H3,(H,18,20). The highest BCUT2D eigenvalue weighted by atomic mass is 16.6. The predicted molar refractivity (Wildman–Crippen MR) is 90.2 cm³/mol. The Labute approximate surface area is 147 Å². The van der Waals surface area contributed by atoms with Gasteiger partial charge in [0, 0.05) is 23.4 Å². The SMILES string of the molecule is COC(=O)c1cc(NC(=O)c2ccc([N+](=O)[O-])cc2)cc(C(=O)OC)c1. The van der Waals surface area contributed by atoms with Gasteiger partial charge in [0.25, 0.3) is 11.6 Å². The third-order valence-corrected chi connectivity index (χ3v) is 3.37. The summed E-state index contributed by atoms with van der Waals surface area (Å²) in [7, 11) is 2.37. The number of nitro groups is 1. The van der Waals surface area contributed by atoms with Crippen molar-refractivity contribution < 1.29 is 28.8 Å². The lowest BCUT2D eigenvalue weighted by Crippen LogP contribution is -2.14. The lowest BCUT2D eigenvalue weighted by Gasteiger charge is -2.09. The van der Waals surface area contributed by atoms with Crippen LogP contribution in [0, 0.1) is 10.1 Å². The molecule has 0 unspecified atom stereocenters. The summed E-state index contributed by atoms with van der Waals surface area (Å²) in [6.07, 6.45) is 0. The van der Waals surface area contributed by atoms with Crippen LogP contribution >= 0.6 is 0 Å². The molecule has 26 heavy (non-hydrogen) atoms. The highest BCUT2D eigenvalue weighted by Gasteiger charge is 2.16. The largest absolute Gasteiger partial charge is 0.465 e. The number of nitro benzene ring substituents is 1. The molecule has 0 aliphatic rings. The number of hydrogen-bond acceptors (Lipinski definition) is 7.